The van der Waals surface area contributed by atoms with Crippen molar-refractivity contribution in [1.82, 2.24) is 0 Å². The van der Waals surface area contributed by atoms with Crippen LogP contribution in [0.5, 0.6) is 0 Å². The largest absolute Gasteiger partial charge is 0.339 e. The number of para-hydroxylation sites is 2. The molecule has 1 aliphatic heterocycles. The average molecular weight is 307 g/mol. The van der Waals surface area contributed by atoms with Gasteiger partial charge in [-0.05, 0) is 24.3 Å². The zero-order valence-electron chi connectivity index (χ0n) is 10.6. The molecule has 0 saturated heterocycles. The van der Waals surface area contributed by atoms with E-state index in [4.69, 9.17) is 9.79 Å². The van der Waals surface area contributed by atoms with Gasteiger partial charge in [0.2, 0.25) is 0 Å². The van der Waals surface area contributed by atoms with Crippen LogP contribution >= 0.6 is 19.4 Å². The third kappa shape index (κ3) is 2.76. The van der Waals surface area contributed by atoms with Crippen LogP contribution in [0.4, 0.5) is 11.4 Å². The van der Waals surface area contributed by atoms with Crippen molar-refractivity contribution in [3.63, 3.8) is 0 Å². The Balaban J connectivity index is 2.01. The molecule has 0 amide bonds. The topological polar surface area (TPSA) is 60.8 Å². The molecule has 20 heavy (non-hydrogen) atoms. The number of benzene rings is 2. The molecule has 0 spiro atoms. The van der Waals surface area contributed by atoms with Crippen molar-refractivity contribution in [2.75, 3.05) is 17.6 Å². The molecule has 0 atom stereocenters. The van der Waals surface area contributed by atoms with Crippen LogP contribution in [0.25, 0.3) is 0 Å². The van der Waals surface area contributed by atoms with Gasteiger partial charge >= 0.3 is 7.60 Å². The number of nitrogens with zero attached hydrogens (tertiary/aromatic N) is 1. The molecule has 2 aromatic rings. The van der Waals surface area contributed by atoms with Gasteiger partial charge in [0.1, 0.15) is 0 Å². The van der Waals surface area contributed by atoms with Gasteiger partial charge in [0.15, 0.2) is 0 Å². The van der Waals surface area contributed by atoms with E-state index >= 15 is 0 Å². The molecule has 2 aromatic carbocycles. The van der Waals surface area contributed by atoms with Crippen molar-refractivity contribution in [2.45, 2.75) is 9.79 Å². The SMILES string of the molecule is O=P(O)(O)CCN1c2ccccc2Sc2ccccc21. The Morgan fingerprint density at radius 1 is 0.950 bits per heavy atom. The van der Waals surface area contributed by atoms with E-state index in [2.05, 4.69) is 0 Å². The molecule has 0 aliphatic carbocycles. The van der Waals surface area contributed by atoms with E-state index in [1.165, 1.54) is 0 Å². The standard InChI is InChI=1S/C14H14NO3PS/c16-19(17,18)10-9-15-11-5-1-3-7-13(11)20-14-8-4-2-6-12(14)15/h1-8H,9-10H2,(H2,16,17,18). The first-order valence-electron chi connectivity index (χ1n) is 6.23. The molecular formula is C14H14NO3PS. The summed E-state index contributed by atoms with van der Waals surface area (Å²) in [5, 5.41) is 0. The van der Waals surface area contributed by atoms with E-state index in [9.17, 15) is 4.57 Å². The van der Waals surface area contributed by atoms with Crippen molar-refractivity contribution in [1.29, 1.82) is 0 Å². The Bertz CT molecular complexity index is 640. The van der Waals surface area contributed by atoms with Gasteiger partial charge in [-0.2, -0.15) is 0 Å². The van der Waals surface area contributed by atoms with Gasteiger partial charge in [0, 0.05) is 16.3 Å². The molecule has 0 aromatic heterocycles. The summed E-state index contributed by atoms with van der Waals surface area (Å²) < 4.78 is 11.2. The zero-order valence-corrected chi connectivity index (χ0v) is 12.3. The third-order valence-electron chi connectivity index (χ3n) is 3.15. The van der Waals surface area contributed by atoms with Crippen LogP contribution in [0.1, 0.15) is 0 Å². The summed E-state index contributed by atoms with van der Waals surface area (Å²) >= 11 is 1.68. The molecule has 0 radical (unpaired) electrons. The summed E-state index contributed by atoms with van der Waals surface area (Å²) in [5.74, 6) is 0. The fourth-order valence-corrected chi connectivity index (χ4v) is 3.81. The lowest BCUT2D eigenvalue weighted by Gasteiger charge is -2.32. The second-order valence-corrected chi connectivity index (χ2v) is 7.44. The van der Waals surface area contributed by atoms with E-state index in [1.54, 1.807) is 11.8 Å². The van der Waals surface area contributed by atoms with E-state index < -0.39 is 7.60 Å². The van der Waals surface area contributed by atoms with E-state index in [0.29, 0.717) is 6.54 Å². The van der Waals surface area contributed by atoms with E-state index in [1.807, 2.05) is 53.4 Å². The molecule has 3 rings (SSSR count). The van der Waals surface area contributed by atoms with Crippen molar-refractivity contribution in [3.8, 4) is 0 Å². The molecular weight excluding hydrogens is 293 g/mol. The first-order chi connectivity index (χ1) is 9.54. The van der Waals surface area contributed by atoms with Crippen LogP contribution < -0.4 is 4.90 Å². The predicted octanol–water partition coefficient (Wildman–Crippen LogP) is 3.47. The fraction of sp³-hybridized carbons (Fsp3) is 0.143. The lowest BCUT2D eigenvalue weighted by molar-refractivity contribution is 0.373. The molecule has 0 bridgehead atoms. The zero-order chi connectivity index (χ0) is 14.2. The molecule has 1 aliphatic rings. The lowest BCUT2D eigenvalue weighted by atomic mass is 10.2. The van der Waals surface area contributed by atoms with Gasteiger partial charge < -0.3 is 14.7 Å². The summed E-state index contributed by atoms with van der Waals surface area (Å²) in [7, 11) is -4.00. The number of anilines is 2. The molecule has 2 N–H and O–H groups in total. The third-order valence-corrected chi connectivity index (χ3v) is 5.06. The molecule has 4 nitrogen and oxygen atoms in total. The number of hydrogen-bond acceptors (Lipinski definition) is 3. The number of fused-ring (bicyclic) bond motifs is 2. The molecule has 1 heterocycles. The maximum Gasteiger partial charge on any atom is 0.327 e. The van der Waals surface area contributed by atoms with Gasteiger partial charge in [0.25, 0.3) is 0 Å². The summed E-state index contributed by atoms with van der Waals surface area (Å²) in [6, 6.07) is 15.9. The minimum atomic E-state index is -4.00. The molecule has 0 fully saturated rings. The summed E-state index contributed by atoms with van der Waals surface area (Å²) in [6.07, 6.45) is -0.152. The first-order valence-corrected chi connectivity index (χ1v) is 8.84. The predicted molar refractivity (Wildman–Crippen MR) is 80.9 cm³/mol. The van der Waals surface area contributed by atoms with Gasteiger partial charge in [-0.25, -0.2) is 0 Å². The summed E-state index contributed by atoms with van der Waals surface area (Å²) in [4.78, 5) is 22.4. The smallest absolute Gasteiger partial charge is 0.327 e. The van der Waals surface area contributed by atoms with Crippen LogP contribution in [0.15, 0.2) is 58.3 Å². The maximum atomic E-state index is 11.2. The highest BCUT2D eigenvalue weighted by Crippen LogP contribution is 2.48. The molecule has 0 unspecified atom stereocenters. The summed E-state index contributed by atoms with van der Waals surface area (Å²) in [6.45, 7) is 0.304. The molecule has 104 valence electrons. The minimum Gasteiger partial charge on any atom is -0.339 e. The monoisotopic (exact) mass is 307 g/mol. The fourth-order valence-electron chi connectivity index (χ4n) is 2.25. The Kier molecular flexibility index (Phi) is 3.61. The van der Waals surface area contributed by atoms with E-state index in [0.717, 1.165) is 21.2 Å². The Labute approximate surface area is 121 Å². The Morgan fingerprint density at radius 3 is 1.95 bits per heavy atom. The second kappa shape index (κ2) is 5.26. The molecule has 6 heteroatoms. The van der Waals surface area contributed by atoms with Crippen molar-refractivity contribution in [3.05, 3.63) is 48.5 Å². The quantitative estimate of drug-likeness (QED) is 0.850. The number of rotatable bonds is 3. The van der Waals surface area contributed by atoms with Gasteiger partial charge in [-0.15, -0.1) is 0 Å². The highest BCUT2D eigenvalue weighted by molar-refractivity contribution is 7.99. The summed E-state index contributed by atoms with van der Waals surface area (Å²) in [5.41, 5.74) is 2.01. The van der Waals surface area contributed by atoms with E-state index in [-0.39, 0.29) is 6.16 Å². The van der Waals surface area contributed by atoms with Crippen LogP contribution in [0, 0.1) is 0 Å². The van der Waals surface area contributed by atoms with Crippen LogP contribution in [0.2, 0.25) is 0 Å². The van der Waals surface area contributed by atoms with Crippen LogP contribution in [0.3, 0.4) is 0 Å². The average Bonchev–Trinajstić information content (AvgIpc) is 2.42. The van der Waals surface area contributed by atoms with Crippen molar-refractivity contribution < 1.29 is 14.4 Å². The highest BCUT2D eigenvalue weighted by Gasteiger charge is 2.24. The maximum absolute atomic E-state index is 11.2. The molecule has 0 saturated carbocycles. The normalized spacial score (nSPS) is 13.8. The highest BCUT2D eigenvalue weighted by atomic mass is 32.2. The van der Waals surface area contributed by atoms with Crippen molar-refractivity contribution >= 4 is 30.7 Å². The van der Waals surface area contributed by atoms with Crippen LogP contribution in [-0.4, -0.2) is 22.5 Å². The minimum absolute atomic E-state index is 0.152. The second-order valence-electron chi connectivity index (χ2n) is 4.58. The van der Waals surface area contributed by atoms with Gasteiger partial charge in [0.05, 0.1) is 17.5 Å². The van der Waals surface area contributed by atoms with Gasteiger partial charge in [-0.3, -0.25) is 4.57 Å². The lowest BCUT2D eigenvalue weighted by Crippen LogP contribution is -2.24. The van der Waals surface area contributed by atoms with Crippen LogP contribution in [-0.2, 0) is 4.57 Å². The van der Waals surface area contributed by atoms with Gasteiger partial charge in [-0.1, -0.05) is 36.0 Å². The number of hydrogen-bond donors (Lipinski definition) is 2. The Hall–Kier alpha value is -1.26. The van der Waals surface area contributed by atoms with Crippen molar-refractivity contribution in [2.24, 2.45) is 0 Å². The Morgan fingerprint density at radius 2 is 1.45 bits per heavy atom. The first kappa shape index (κ1) is 13.7.